The number of halogens is 1. The molecular formula is C14H18FN3OS. The molecule has 0 aliphatic carbocycles. The molecule has 20 heavy (non-hydrogen) atoms. The fourth-order valence-electron chi connectivity index (χ4n) is 1.56. The van der Waals surface area contributed by atoms with Crippen LogP contribution >= 0.6 is 11.3 Å². The van der Waals surface area contributed by atoms with Gasteiger partial charge in [-0.05, 0) is 31.0 Å². The lowest BCUT2D eigenvalue weighted by molar-refractivity contribution is 0.0697. The second-order valence-electron chi connectivity index (χ2n) is 5.01. The number of nitrogens with zero attached hydrogens (tertiary/aromatic N) is 2. The van der Waals surface area contributed by atoms with Gasteiger partial charge in [-0.2, -0.15) is 0 Å². The molecule has 2 rings (SSSR count). The topological polar surface area (TPSA) is 58.0 Å². The third-order valence-electron chi connectivity index (χ3n) is 3.12. The van der Waals surface area contributed by atoms with Crippen LogP contribution in [0.4, 0.5) is 9.52 Å². The lowest BCUT2D eigenvalue weighted by atomic mass is 10.0. The maximum absolute atomic E-state index is 12.8. The van der Waals surface area contributed by atoms with E-state index >= 15 is 0 Å². The summed E-state index contributed by atoms with van der Waals surface area (Å²) in [6.07, 6.45) is 1.30. The Labute approximate surface area is 121 Å². The van der Waals surface area contributed by atoms with E-state index < -0.39 is 5.60 Å². The van der Waals surface area contributed by atoms with Gasteiger partial charge in [0.05, 0.1) is 5.60 Å². The van der Waals surface area contributed by atoms with Crippen LogP contribution in [0.5, 0.6) is 0 Å². The molecule has 1 atom stereocenters. The van der Waals surface area contributed by atoms with Gasteiger partial charge in [-0.25, -0.2) is 4.39 Å². The molecule has 0 radical (unpaired) electrons. The van der Waals surface area contributed by atoms with Crippen LogP contribution in [0.3, 0.4) is 0 Å². The Morgan fingerprint density at radius 1 is 1.30 bits per heavy atom. The second kappa shape index (κ2) is 6.28. The van der Waals surface area contributed by atoms with Crippen molar-refractivity contribution < 1.29 is 9.50 Å². The van der Waals surface area contributed by atoms with E-state index in [2.05, 4.69) is 15.5 Å². The van der Waals surface area contributed by atoms with Gasteiger partial charge in [0.25, 0.3) is 0 Å². The van der Waals surface area contributed by atoms with Crippen molar-refractivity contribution in [2.24, 2.45) is 0 Å². The first kappa shape index (κ1) is 14.9. The zero-order valence-electron chi connectivity index (χ0n) is 11.6. The van der Waals surface area contributed by atoms with E-state index in [-0.39, 0.29) is 5.82 Å². The summed E-state index contributed by atoms with van der Waals surface area (Å²) in [5, 5.41) is 22.7. The summed E-state index contributed by atoms with van der Waals surface area (Å²) in [4.78, 5) is 0. The predicted molar refractivity (Wildman–Crippen MR) is 78.5 cm³/mol. The van der Waals surface area contributed by atoms with Crippen molar-refractivity contribution in [2.75, 3.05) is 11.9 Å². The molecule has 0 saturated carbocycles. The van der Waals surface area contributed by atoms with E-state index in [9.17, 15) is 9.50 Å². The minimum Gasteiger partial charge on any atom is -0.388 e. The highest BCUT2D eigenvalue weighted by Crippen LogP contribution is 2.20. The highest BCUT2D eigenvalue weighted by atomic mass is 32.1. The standard InChI is InChI=1S/C14H18FN3OS/c1-3-14(2,19)9-16-13-18-17-12(20-13)8-10-4-6-11(15)7-5-10/h4-7,19H,3,8-9H2,1-2H3,(H,16,18). The lowest BCUT2D eigenvalue weighted by Gasteiger charge is -2.20. The van der Waals surface area contributed by atoms with E-state index in [1.807, 2.05) is 6.92 Å². The van der Waals surface area contributed by atoms with E-state index in [0.29, 0.717) is 24.5 Å². The quantitative estimate of drug-likeness (QED) is 0.860. The van der Waals surface area contributed by atoms with Crippen LogP contribution in [-0.2, 0) is 6.42 Å². The maximum atomic E-state index is 12.8. The van der Waals surface area contributed by atoms with Crippen LogP contribution < -0.4 is 5.32 Å². The number of nitrogens with one attached hydrogen (secondary N) is 1. The first-order valence-corrected chi connectivity index (χ1v) is 7.33. The molecule has 0 bridgehead atoms. The van der Waals surface area contributed by atoms with Crippen molar-refractivity contribution in [1.29, 1.82) is 0 Å². The molecule has 2 aromatic rings. The summed E-state index contributed by atoms with van der Waals surface area (Å²) in [5.41, 5.74) is 0.248. The monoisotopic (exact) mass is 295 g/mol. The van der Waals surface area contributed by atoms with Crippen molar-refractivity contribution in [3.05, 3.63) is 40.7 Å². The van der Waals surface area contributed by atoms with Crippen molar-refractivity contribution >= 4 is 16.5 Å². The normalized spacial score (nSPS) is 14.0. The van der Waals surface area contributed by atoms with Crippen LogP contribution in [0.25, 0.3) is 0 Å². The third-order valence-corrected chi connectivity index (χ3v) is 4.00. The minimum absolute atomic E-state index is 0.241. The molecule has 1 aromatic carbocycles. The molecule has 6 heteroatoms. The molecule has 0 saturated heterocycles. The number of aromatic nitrogens is 2. The molecule has 1 aromatic heterocycles. The summed E-state index contributed by atoms with van der Waals surface area (Å²) >= 11 is 1.44. The van der Waals surface area contributed by atoms with E-state index in [1.54, 1.807) is 19.1 Å². The van der Waals surface area contributed by atoms with Gasteiger partial charge in [-0.3, -0.25) is 0 Å². The Hall–Kier alpha value is -1.53. The number of benzene rings is 1. The van der Waals surface area contributed by atoms with Gasteiger partial charge in [0, 0.05) is 13.0 Å². The Morgan fingerprint density at radius 3 is 2.65 bits per heavy atom. The zero-order valence-corrected chi connectivity index (χ0v) is 12.4. The Morgan fingerprint density at radius 2 is 2.00 bits per heavy atom. The summed E-state index contributed by atoms with van der Waals surface area (Å²) in [5.74, 6) is -0.241. The summed E-state index contributed by atoms with van der Waals surface area (Å²) in [7, 11) is 0. The molecule has 0 aliphatic heterocycles. The van der Waals surface area contributed by atoms with Crippen LogP contribution in [0.15, 0.2) is 24.3 Å². The average molecular weight is 295 g/mol. The number of hydrogen-bond acceptors (Lipinski definition) is 5. The van der Waals surface area contributed by atoms with Gasteiger partial charge in [0.15, 0.2) is 0 Å². The Bertz CT molecular complexity index is 554. The average Bonchev–Trinajstić information content (AvgIpc) is 2.87. The number of hydrogen-bond donors (Lipinski definition) is 2. The molecule has 0 spiro atoms. The highest BCUT2D eigenvalue weighted by molar-refractivity contribution is 7.15. The van der Waals surface area contributed by atoms with Gasteiger partial charge in [-0.1, -0.05) is 30.4 Å². The number of rotatable bonds is 6. The smallest absolute Gasteiger partial charge is 0.205 e. The van der Waals surface area contributed by atoms with Gasteiger partial charge >= 0.3 is 0 Å². The minimum atomic E-state index is -0.747. The van der Waals surface area contributed by atoms with Crippen LogP contribution in [0.2, 0.25) is 0 Å². The van der Waals surface area contributed by atoms with Crippen molar-refractivity contribution in [3.63, 3.8) is 0 Å². The fraction of sp³-hybridized carbons (Fsp3) is 0.429. The SMILES string of the molecule is CCC(C)(O)CNc1nnc(Cc2ccc(F)cc2)s1. The molecule has 0 fully saturated rings. The number of anilines is 1. The van der Waals surface area contributed by atoms with Gasteiger partial charge in [0.1, 0.15) is 10.8 Å². The van der Waals surface area contributed by atoms with Crippen LogP contribution in [0.1, 0.15) is 30.8 Å². The highest BCUT2D eigenvalue weighted by Gasteiger charge is 2.17. The Kier molecular flexibility index (Phi) is 4.67. The molecule has 4 nitrogen and oxygen atoms in total. The van der Waals surface area contributed by atoms with Crippen LogP contribution in [0, 0.1) is 5.82 Å². The second-order valence-corrected chi connectivity index (χ2v) is 6.07. The summed E-state index contributed by atoms with van der Waals surface area (Å²) in [6.45, 7) is 4.15. The third kappa shape index (κ3) is 4.25. The van der Waals surface area contributed by atoms with Gasteiger partial charge in [-0.15, -0.1) is 10.2 Å². The fourth-order valence-corrected chi connectivity index (χ4v) is 2.33. The molecule has 1 heterocycles. The lowest BCUT2D eigenvalue weighted by Crippen LogP contribution is -2.32. The molecule has 0 amide bonds. The largest absolute Gasteiger partial charge is 0.388 e. The van der Waals surface area contributed by atoms with Gasteiger partial charge < -0.3 is 10.4 Å². The van der Waals surface area contributed by atoms with Crippen LogP contribution in [-0.4, -0.2) is 27.4 Å². The molecule has 108 valence electrons. The predicted octanol–water partition coefficient (Wildman–Crippen LogP) is 2.84. The van der Waals surface area contributed by atoms with Crippen molar-refractivity contribution in [2.45, 2.75) is 32.3 Å². The molecule has 1 unspecified atom stereocenters. The van der Waals surface area contributed by atoms with E-state index in [0.717, 1.165) is 10.6 Å². The molecular weight excluding hydrogens is 277 g/mol. The van der Waals surface area contributed by atoms with Gasteiger partial charge in [0.2, 0.25) is 5.13 Å². The zero-order chi connectivity index (χ0) is 14.6. The first-order valence-electron chi connectivity index (χ1n) is 6.51. The van der Waals surface area contributed by atoms with Crippen molar-refractivity contribution in [3.8, 4) is 0 Å². The Balaban J connectivity index is 1.93. The number of aliphatic hydroxyl groups is 1. The van der Waals surface area contributed by atoms with E-state index in [4.69, 9.17) is 0 Å². The maximum Gasteiger partial charge on any atom is 0.205 e. The molecule has 0 aliphatic rings. The van der Waals surface area contributed by atoms with Crippen molar-refractivity contribution in [1.82, 2.24) is 10.2 Å². The molecule has 2 N–H and O–H groups in total. The summed E-state index contributed by atoms with van der Waals surface area (Å²) < 4.78 is 12.8. The summed E-state index contributed by atoms with van der Waals surface area (Å²) in [6, 6.07) is 6.36. The first-order chi connectivity index (χ1) is 9.48. The van der Waals surface area contributed by atoms with E-state index in [1.165, 1.54) is 23.5 Å².